The van der Waals surface area contributed by atoms with Crippen LogP contribution in [0.2, 0.25) is 0 Å². The summed E-state index contributed by atoms with van der Waals surface area (Å²) < 4.78 is 10.3. The van der Waals surface area contributed by atoms with Crippen LogP contribution in [-0.2, 0) is 11.2 Å². The zero-order valence-corrected chi connectivity index (χ0v) is 12.1. The number of rotatable bonds is 9. The van der Waals surface area contributed by atoms with Gasteiger partial charge < -0.3 is 19.7 Å². The number of hydrogen-bond acceptors (Lipinski definition) is 6. The molecule has 2 N–H and O–H groups in total. The van der Waals surface area contributed by atoms with Crippen LogP contribution < -0.4 is 5.32 Å². The van der Waals surface area contributed by atoms with Gasteiger partial charge >= 0.3 is 0 Å². The summed E-state index contributed by atoms with van der Waals surface area (Å²) in [6.45, 7) is 3.43. The van der Waals surface area contributed by atoms with Crippen molar-refractivity contribution in [3.05, 3.63) is 48.1 Å². The van der Waals surface area contributed by atoms with Gasteiger partial charge in [0.25, 0.3) is 0 Å². The number of ether oxygens (including phenoxy) is 1. The van der Waals surface area contributed by atoms with Gasteiger partial charge in [0.1, 0.15) is 0 Å². The summed E-state index contributed by atoms with van der Waals surface area (Å²) in [6.07, 6.45) is 1.41. The normalized spacial score (nSPS) is 14.0. The standard InChI is InChI=1S/C15H21N3O3/c1-12(13-5-3-2-4-6-13)20-10-14(19)9-16-8-7-15-17-11-21-18-15/h2-6,11-12,14,16,19H,7-10H2,1H3. The van der Waals surface area contributed by atoms with E-state index in [9.17, 15) is 5.11 Å². The molecule has 0 amide bonds. The van der Waals surface area contributed by atoms with Gasteiger partial charge in [0.05, 0.1) is 18.8 Å². The molecule has 0 saturated heterocycles. The van der Waals surface area contributed by atoms with E-state index < -0.39 is 6.10 Å². The molecule has 0 bridgehead atoms. The minimum atomic E-state index is -0.540. The molecule has 0 aliphatic heterocycles. The average molecular weight is 291 g/mol. The highest BCUT2D eigenvalue weighted by atomic mass is 16.5. The van der Waals surface area contributed by atoms with Crippen LogP contribution in [0.4, 0.5) is 0 Å². The number of aromatic nitrogens is 2. The molecule has 0 aliphatic rings. The first-order valence-electron chi connectivity index (χ1n) is 7.06. The first kappa shape index (κ1) is 15.6. The third kappa shape index (κ3) is 5.63. The molecule has 0 fully saturated rings. The Hall–Kier alpha value is -1.76. The van der Waals surface area contributed by atoms with E-state index in [1.54, 1.807) is 0 Å². The summed E-state index contributed by atoms with van der Waals surface area (Å²) in [7, 11) is 0. The number of nitrogens with zero attached hydrogens (tertiary/aromatic N) is 2. The first-order valence-corrected chi connectivity index (χ1v) is 7.06. The van der Waals surface area contributed by atoms with Gasteiger partial charge in [-0.1, -0.05) is 35.5 Å². The smallest absolute Gasteiger partial charge is 0.213 e. The third-order valence-corrected chi connectivity index (χ3v) is 3.12. The molecule has 1 aromatic carbocycles. The number of nitrogens with one attached hydrogen (secondary N) is 1. The SMILES string of the molecule is CC(OCC(O)CNCCc1ncon1)c1ccccc1. The van der Waals surface area contributed by atoms with Crippen molar-refractivity contribution in [3.63, 3.8) is 0 Å². The largest absolute Gasteiger partial charge is 0.389 e. The molecule has 0 aliphatic carbocycles. The lowest BCUT2D eigenvalue weighted by atomic mass is 10.1. The van der Waals surface area contributed by atoms with E-state index in [2.05, 4.69) is 20.0 Å². The van der Waals surface area contributed by atoms with Gasteiger partial charge in [-0.25, -0.2) is 0 Å². The number of hydrogen-bond donors (Lipinski definition) is 2. The molecule has 21 heavy (non-hydrogen) atoms. The van der Waals surface area contributed by atoms with Crippen molar-refractivity contribution < 1.29 is 14.4 Å². The molecule has 114 valence electrons. The van der Waals surface area contributed by atoms with Crippen molar-refractivity contribution in [2.45, 2.75) is 25.6 Å². The van der Waals surface area contributed by atoms with E-state index in [-0.39, 0.29) is 6.10 Å². The molecule has 2 unspecified atom stereocenters. The molecular formula is C15H21N3O3. The third-order valence-electron chi connectivity index (χ3n) is 3.12. The van der Waals surface area contributed by atoms with Crippen LogP contribution in [0.25, 0.3) is 0 Å². The average Bonchev–Trinajstić information content (AvgIpc) is 3.03. The van der Waals surface area contributed by atoms with E-state index in [1.165, 1.54) is 6.39 Å². The predicted octanol–water partition coefficient (Wildman–Crippen LogP) is 1.34. The molecule has 0 saturated carbocycles. The van der Waals surface area contributed by atoms with Crippen molar-refractivity contribution in [3.8, 4) is 0 Å². The van der Waals surface area contributed by atoms with Gasteiger partial charge in [-0.3, -0.25) is 0 Å². The van der Waals surface area contributed by atoms with Crippen LogP contribution in [0, 0.1) is 0 Å². The molecular weight excluding hydrogens is 270 g/mol. The van der Waals surface area contributed by atoms with Crippen molar-refractivity contribution in [1.29, 1.82) is 0 Å². The molecule has 6 nitrogen and oxygen atoms in total. The molecule has 1 heterocycles. The fourth-order valence-electron chi connectivity index (χ4n) is 1.91. The fraction of sp³-hybridized carbons (Fsp3) is 0.467. The van der Waals surface area contributed by atoms with Crippen LogP contribution in [0.15, 0.2) is 41.2 Å². The van der Waals surface area contributed by atoms with Gasteiger partial charge in [0.15, 0.2) is 5.82 Å². The van der Waals surface area contributed by atoms with Crippen LogP contribution in [0.5, 0.6) is 0 Å². The Labute approximate surface area is 124 Å². The Bertz CT molecular complexity index is 490. The highest BCUT2D eigenvalue weighted by Gasteiger charge is 2.09. The second-order valence-electron chi connectivity index (χ2n) is 4.84. The number of aliphatic hydroxyl groups is 1. The topological polar surface area (TPSA) is 80.4 Å². The maximum atomic E-state index is 9.86. The summed E-state index contributed by atoms with van der Waals surface area (Å²) in [5.41, 5.74) is 1.11. The molecule has 2 rings (SSSR count). The van der Waals surface area contributed by atoms with Crippen molar-refractivity contribution >= 4 is 0 Å². The summed E-state index contributed by atoms with van der Waals surface area (Å²) >= 11 is 0. The van der Waals surface area contributed by atoms with Gasteiger partial charge in [0, 0.05) is 19.5 Å². The highest BCUT2D eigenvalue weighted by Crippen LogP contribution is 2.15. The molecule has 1 aromatic heterocycles. The van der Waals surface area contributed by atoms with Gasteiger partial charge in [-0.05, 0) is 12.5 Å². The molecule has 6 heteroatoms. The van der Waals surface area contributed by atoms with E-state index in [0.717, 1.165) is 5.56 Å². The van der Waals surface area contributed by atoms with Crippen LogP contribution in [0.1, 0.15) is 24.4 Å². The fourth-order valence-corrected chi connectivity index (χ4v) is 1.91. The highest BCUT2D eigenvalue weighted by molar-refractivity contribution is 5.16. The second-order valence-corrected chi connectivity index (χ2v) is 4.84. The van der Waals surface area contributed by atoms with Crippen LogP contribution in [-0.4, -0.2) is 41.0 Å². The number of benzene rings is 1. The predicted molar refractivity (Wildman–Crippen MR) is 77.7 cm³/mol. The molecule has 2 aromatic rings. The van der Waals surface area contributed by atoms with Gasteiger partial charge in [-0.15, -0.1) is 0 Å². The lowest BCUT2D eigenvalue weighted by Gasteiger charge is -2.17. The van der Waals surface area contributed by atoms with E-state index in [4.69, 9.17) is 4.74 Å². The number of aliphatic hydroxyl groups excluding tert-OH is 1. The Balaban J connectivity index is 1.58. The zero-order valence-electron chi connectivity index (χ0n) is 12.1. The van der Waals surface area contributed by atoms with Crippen molar-refractivity contribution in [2.75, 3.05) is 19.7 Å². The van der Waals surface area contributed by atoms with Gasteiger partial charge in [0.2, 0.25) is 6.39 Å². The minimum absolute atomic E-state index is 0.0276. The van der Waals surface area contributed by atoms with E-state index >= 15 is 0 Å². The lowest BCUT2D eigenvalue weighted by molar-refractivity contribution is -0.00193. The Morgan fingerprint density at radius 2 is 2.14 bits per heavy atom. The van der Waals surface area contributed by atoms with Crippen molar-refractivity contribution in [2.24, 2.45) is 0 Å². The quantitative estimate of drug-likeness (QED) is 0.679. The Kier molecular flexibility index (Phi) is 6.33. The molecule has 0 spiro atoms. The van der Waals surface area contributed by atoms with E-state index in [1.807, 2.05) is 37.3 Å². The monoisotopic (exact) mass is 291 g/mol. The summed E-state index contributed by atoms with van der Waals surface area (Å²) in [5.74, 6) is 0.658. The van der Waals surface area contributed by atoms with E-state index in [0.29, 0.717) is 31.9 Å². The summed E-state index contributed by atoms with van der Waals surface area (Å²) in [5, 5.41) is 16.7. The molecule has 0 radical (unpaired) electrons. The Morgan fingerprint density at radius 3 is 2.86 bits per heavy atom. The van der Waals surface area contributed by atoms with Crippen molar-refractivity contribution in [1.82, 2.24) is 15.5 Å². The molecule has 2 atom stereocenters. The first-order chi connectivity index (χ1) is 10.3. The Morgan fingerprint density at radius 1 is 1.33 bits per heavy atom. The van der Waals surface area contributed by atoms with Crippen LogP contribution >= 0.6 is 0 Å². The van der Waals surface area contributed by atoms with Gasteiger partial charge in [-0.2, -0.15) is 4.98 Å². The summed E-state index contributed by atoms with van der Waals surface area (Å²) in [6, 6.07) is 9.95. The zero-order chi connectivity index (χ0) is 14.9. The maximum Gasteiger partial charge on any atom is 0.213 e. The lowest BCUT2D eigenvalue weighted by Crippen LogP contribution is -2.32. The summed E-state index contributed by atoms with van der Waals surface area (Å²) in [4.78, 5) is 3.92. The maximum absolute atomic E-state index is 9.86. The second kappa shape index (κ2) is 8.51. The van der Waals surface area contributed by atoms with Crippen LogP contribution in [0.3, 0.4) is 0 Å². The minimum Gasteiger partial charge on any atom is -0.389 e.